The predicted molar refractivity (Wildman–Crippen MR) is 121 cm³/mol. The smallest absolute Gasteiger partial charge is 0.217 e. The van der Waals surface area contributed by atoms with Crippen molar-refractivity contribution in [1.29, 1.82) is 0 Å². The van der Waals surface area contributed by atoms with Gasteiger partial charge in [0.25, 0.3) is 0 Å². The SMILES string of the molecule is CCNC(=NCC(c1cccc(OC)c1)N1CCCC1)N1CCCC(CC(N)=O)C1. The molecule has 2 atom stereocenters. The first-order chi connectivity index (χ1) is 14.6. The molecule has 1 amide bonds. The van der Waals surface area contributed by atoms with Gasteiger partial charge in [-0.05, 0) is 69.3 Å². The van der Waals surface area contributed by atoms with Crippen molar-refractivity contribution in [3.05, 3.63) is 29.8 Å². The topological polar surface area (TPSA) is 83.2 Å². The molecule has 0 aliphatic carbocycles. The number of carbonyl (C=O) groups is 1. The molecule has 166 valence electrons. The van der Waals surface area contributed by atoms with Gasteiger partial charge in [-0.2, -0.15) is 0 Å². The normalized spacial score (nSPS) is 21.5. The van der Waals surface area contributed by atoms with Crippen molar-refractivity contribution in [3.63, 3.8) is 0 Å². The number of nitrogens with zero attached hydrogens (tertiary/aromatic N) is 3. The van der Waals surface area contributed by atoms with Crippen LogP contribution in [0.1, 0.15) is 50.6 Å². The van der Waals surface area contributed by atoms with Gasteiger partial charge in [-0.3, -0.25) is 14.7 Å². The van der Waals surface area contributed by atoms with Crippen LogP contribution in [0.3, 0.4) is 0 Å². The molecule has 30 heavy (non-hydrogen) atoms. The third-order valence-electron chi connectivity index (χ3n) is 6.12. The van der Waals surface area contributed by atoms with Crippen LogP contribution in [0.4, 0.5) is 0 Å². The zero-order chi connectivity index (χ0) is 21.3. The molecular weight excluding hydrogens is 378 g/mol. The molecule has 3 N–H and O–H groups in total. The van der Waals surface area contributed by atoms with Crippen LogP contribution in [0.5, 0.6) is 5.75 Å². The number of benzene rings is 1. The fourth-order valence-electron chi connectivity index (χ4n) is 4.64. The zero-order valence-corrected chi connectivity index (χ0v) is 18.5. The predicted octanol–water partition coefficient (Wildman–Crippen LogP) is 2.39. The zero-order valence-electron chi connectivity index (χ0n) is 18.5. The van der Waals surface area contributed by atoms with Crippen molar-refractivity contribution >= 4 is 11.9 Å². The molecule has 3 rings (SSSR count). The molecular formula is C23H37N5O2. The van der Waals surface area contributed by atoms with Gasteiger partial charge < -0.3 is 20.7 Å². The fraction of sp³-hybridized carbons (Fsp3) is 0.652. The van der Waals surface area contributed by atoms with Gasteiger partial charge in [-0.1, -0.05) is 12.1 Å². The molecule has 0 bridgehead atoms. The minimum absolute atomic E-state index is 0.212. The molecule has 0 radical (unpaired) electrons. The van der Waals surface area contributed by atoms with Crippen molar-refractivity contribution in [2.24, 2.45) is 16.6 Å². The van der Waals surface area contributed by atoms with Gasteiger partial charge in [0.15, 0.2) is 5.96 Å². The lowest BCUT2D eigenvalue weighted by Crippen LogP contribution is -2.47. The van der Waals surface area contributed by atoms with Crippen LogP contribution in [0.2, 0.25) is 0 Å². The number of amides is 1. The van der Waals surface area contributed by atoms with Gasteiger partial charge in [0, 0.05) is 26.1 Å². The Hall–Kier alpha value is -2.28. The molecule has 2 fully saturated rings. The number of piperidine rings is 1. The van der Waals surface area contributed by atoms with Crippen LogP contribution >= 0.6 is 0 Å². The summed E-state index contributed by atoms with van der Waals surface area (Å²) in [6.45, 7) is 7.64. The summed E-state index contributed by atoms with van der Waals surface area (Å²) < 4.78 is 5.46. The Morgan fingerprint density at radius 1 is 1.30 bits per heavy atom. The number of hydrogen-bond donors (Lipinski definition) is 2. The van der Waals surface area contributed by atoms with Crippen molar-refractivity contribution in [2.45, 2.75) is 45.1 Å². The van der Waals surface area contributed by atoms with Crippen molar-refractivity contribution in [2.75, 3.05) is 46.4 Å². The highest BCUT2D eigenvalue weighted by Crippen LogP contribution is 2.28. The van der Waals surface area contributed by atoms with E-state index in [-0.39, 0.29) is 11.9 Å². The molecule has 2 saturated heterocycles. The molecule has 0 saturated carbocycles. The minimum Gasteiger partial charge on any atom is -0.497 e. The van der Waals surface area contributed by atoms with Crippen LogP contribution in [0, 0.1) is 5.92 Å². The summed E-state index contributed by atoms with van der Waals surface area (Å²) in [7, 11) is 1.71. The van der Waals surface area contributed by atoms with E-state index in [1.165, 1.54) is 18.4 Å². The lowest BCUT2D eigenvalue weighted by atomic mass is 9.95. The summed E-state index contributed by atoms with van der Waals surface area (Å²) >= 11 is 0. The molecule has 2 aliphatic heterocycles. The number of likely N-dealkylation sites (tertiary alicyclic amines) is 2. The quantitative estimate of drug-likeness (QED) is 0.503. The van der Waals surface area contributed by atoms with E-state index in [1.54, 1.807) is 7.11 Å². The third kappa shape index (κ3) is 6.11. The number of ether oxygens (including phenoxy) is 1. The van der Waals surface area contributed by atoms with E-state index in [1.807, 2.05) is 6.07 Å². The second-order valence-electron chi connectivity index (χ2n) is 8.35. The lowest BCUT2D eigenvalue weighted by molar-refractivity contribution is -0.119. The third-order valence-corrected chi connectivity index (χ3v) is 6.12. The Bertz CT molecular complexity index is 717. The van der Waals surface area contributed by atoms with Crippen molar-refractivity contribution in [3.8, 4) is 5.75 Å². The van der Waals surface area contributed by atoms with E-state index in [0.717, 1.165) is 57.3 Å². The Morgan fingerprint density at radius 3 is 2.80 bits per heavy atom. The first-order valence-electron chi connectivity index (χ1n) is 11.3. The van der Waals surface area contributed by atoms with Crippen molar-refractivity contribution < 1.29 is 9.53 Å². The number of nitrogens with two attached hydrogens (primary N) is 1. The number of primary amides is 1. The first-order valence-corrected chi connectivity index (χ1v) is 11.3. The molecule has 2 unspecified atom stereocenters. The minimum atomic E-state index is -0.212. The van der Waals surface area contributed by atoms with Crippen LogP contribution < -0.4 is 15.8 Å². The highest BCUT2D eigenvalue weighted by atomic mass is 16.5. The monoisotopic (exact) mass is 415 g/mol. The number of carbonyl (C=O) groups excluding carboxylic acids is 1. The van der Waals surface area contributed by atoms with E-state index >= 15 is 0 Å². The number of aliphatic imine (C=N–C) groups is 1. The number of guanidine groups is 1. The van der Waals surface area contributed by atoms with Crippen LogP contribution in [0.15, 0.2) is 29.3 Å². The maximum Gasteiger partial charge on any atom is 0.217 e. The molecule has 0 spiro atoms. The Balaban J connectivity index is 1.77. The Morgan fingerprint density at radius 2 is 2.10 bits per heavy atom. The average molecular weight is 416 g/mol. The lowest BCUT2D eigenvalue weighted by Gasteiger charge is -2.35. The summed E-state index contributed by atoms with van der Waals surface area (Å²) in [5.74, 6) is 1.93. The second-order valence-corrected chi connectivity index (χ2v) is 8.35. The maximum atomic E-state index is 11.4. The Labute approximate surface area is 180 Å². The van der Waals surface area contributed by atoms with Crippen LogP contribution in [-0.2, 0) is 4.79 Å². The second kappa shape index (κ2) is 11.2. The maximum absolute atomic E-state index is 11.4. The number of nitrogens with one attached hydrogen (secondary N) is 1. The molecule has 0 aromatic heterocycles. The fourth-order valence-corrected chi connectivity index (χ4v) is 4.64. The molecule has 1 aromatic carbocycles. The highest BCUT2D eigenvalue weighted by Gasteiger charge is 2.26. The summed E-state index contributed by atoms with van der Waals surface area (Å²) in [5, 5.41) is 3.46. The summed E-state index contributed by atoms with van der Waals surface area (Å²) in [4.78, 5) is 21.3. The van der Waals surface area contributed by atoms with Gasteiger partial charge in [-0.25, -0.2) is 0 Å². The molecule has 1 aromatic rings. The summed E-state index contributed by atoms with van der Waals surface area (Å²) in [6.07, 6.45) is 5.05. The summed E-state index contributed by atoms with van der Waals surface area (Å²) in [6, 6.07) is 8.60. The first kappa shape index (κ1) is 22.4. The number of rotatable bonds is 8. The van der Waals surface area contributed by atoms with Gasteiger partial charge in [0.2, 0.25) is 5.91 Å². The van der Waals surface area contributed by atoms with E-state index in [0.29, 0.717) is 18.9 Å². The molecule has 7 nitrogen and oxygen atoms in total. The van der Waals surface area contributed by atoms with Crippen LogP contribution in [-0.4, -0.2) is 68.0 Å². The molecule has 7 heteroatoms. The highest BCUT2D eigenvalue weighted by molar-refractivity contribution is 5.80. The van der Waals surface area contributed by atoms with Gasteiger partial charge in [-0.15, -0.1) is 0 Å². The Kier molecular flexibility index (Phi) is 8.37. The molecule has 2 heterocycles. The van der Waals surface area contributed by atoms with E-state index in [4.69, 9.17) is 15.5 Å². The standard InChI is InChI=1S/C23H37N5O2/c1-3-25-23(28-13-7-8-18(17-28)14-22(24)29)26-16-21(27-11-4-5-12-27)19-9-6-10-20(15-19)30-2/h6,9-10,15,18,21H,3-5,7-8,11-14,16-17H2,1-2H3,(H2,24,29)(H,25,26). The van der Waals surface area contributed by atoms with E-state index < -0.39 is 0 Å². The van der Waals surface area contributed by atoms with E-state index in [2.05, 4.69) is 40.2 Å². The van der Waals surface area contributed by atoms with Crippen LogP contribution in [0.25, 0.3) is 0 Å². The van der Waals surface area contributed by atoms with Gasteiger partial charge >= 0.3 is 0 Å². The molecule has 2 aliphatic rings. The number of methoxy groups -OCH3 is 1. The largest absolute Gasteiger partial charge is 0.497 e. The number of hydrogen-bond acceptors (Lipinski definition) is 4. The average Bonchev–Trinajstić information content (AvgIpc) is 3.27. The van der Waals surface area contributed by atoms with Gasteiger partial charge in [0.05, 0.1) is 19.7 Å². The van der Waals surface area contributed by atoms with E-state index in [9.17, 15) is 4.79 Å². The summed E-state index contributed by atoms with van der Waals surface area (Å²) in [5.41, 5.74) is 6.69. The van der Waals surface area contributed by atoms with Crippen molar-refractivity contribution in [1.82, 2.24) is 15.1 Å². The van der Waals surface area contributed by atoms with Gasteiger partial charge in [0.1, 0.15) is 5.75 Å².